The van der Waals surface area contributed by atoms with E-state index in [0.717, 1.165) is 0 Å². The minimum Gasteiger partial charge on any atom is -0.400 e. The Balaban J connectivity index is 2.33. The van der Waals surface area contributed by atoms with Crippen molar-refractivity contribution in [3.05, 3.63) is 11.7 Å². The smallest absolute Gasteiger partial charge is 0.400 e. The lowest BCUT2D eigenvalue weighted by molar-refractivity contribution is -0.0646. The molecule has 2 aliphatic rings. The second-order valence-electron chi connectivity index (χ2n) is 6.83. The third-order valence-electron chi connectivity index (χ3n) is 4.98. The molecule has 1 atom stereocenters. The maximum atomic E-state index is 13.2. The molecule has 21 heavy (non-hydrogen) atoms. The number of allylic oxidation sites excluding steroid dienone is 1. The summed E-state index contributed by atoms with van der Waals surface area (Å²) in [7, 11) is -0.802. The summed E-state index contributed by atoms with van der Waals surface area (Å²) in [5.41, 5.74) is -2.72. The molecule has 3 nitrogen and oxygen atoms in total. The van der Waals surface area contributed by atoms with Gasteiger partial charge in [-0.2, -0.15) is 13.2 Å². The highest BCUT2D eigenvalue weighted by Crippen LogP contribution is 2.48. The second-order valence-corrected chi connectivity index (χ2v) is 6.83. The summed E-state index contributed by atoms with van der Waals surface area (Å²) >= 11 is 0. The van der Waals surface area contributed by atoms with Crippen LogP contribution < -0.4 is 0 Å². The topological polar surface area (TPSA) is 30.8 Å². The first kappa shape index (κ1) is 16.6. The number of rotatable bonds is 2. The van der Waals surface area contributed by atoms with Gasteiger partial charge in [0.2, 0.25) is 0 Å². The third-order valence-corrected chi connectivity index (χ3v) is 4.98. The van der Waals surface area contributed by atoms with E-state index in [1.165, 1.54) is 6.20 Å². The van der Waals surface area contributed by atoms with Crippen molar-refractivity contribution < 1.29 is 22.5 Å². The molecule has 0 bridgehead atoms. The fourth-order valence-electron chi connectivity index (χ4n) is 2.60. The van der Waals surface area contributed by atoms with Crippen LogP contribution in [0.1, 0.15) is 48.0 Å². The van der Waals surface area contributed by atoms with Crippen LogP contribution in [0.3, 0.4) is 0 Å². The van der Waals surface area contributed by atoms with Gasteiger partial charge in [-0.1, -0.05) is 13.8 Å². The zero-order valence-corrected chi connectivity index (χ0v) is 13.3. The van der Waals surface area contributed by atoms with Crippen LogP contribution in [-0.2, 0) is 9.31 Å². The average molecular weight is 303 g/mol. The molecule has 0 aromatic rings. The van der Waals surface area contributed by atoms with Gasteiger partial charge in [0.05, 0.1) is 11.2 Å². The van der Waals surface area contributed by atoms with Gasteiger partial charge in [-0.3, -0.25) is 4.99 Å². The molecule has 0 N–H and O–H groups in total. The zero-order valence-electron chi connectivity index (χ0n) is 13.3. The Morgan fingerprint density at radius 3 is 1.95 bits per heavy atom. The van der Waals surface area contributed by atoms with Crippen molar-refractivity contribution in [1.29, 1.82) is 0 Å². The zero-order chi connectivity index (χ0) is 16.3. The number of alkyl halides is 3. The average Bonchev–Trinajstić information content (AvgIpc) is 2.74. The molecule has 2 aliphatic heterocycles. The van der Waals surface area contributed by atoms with Crippen LogP contribution >= 0.6 is 0 Å². The standard InChI is InChI=1S/C14H21BF3NO2/c1-7-13(6)9(8-19-10(13)14(16,17)18)15-20-11(2,3)12(4,5)21-15/h8H,7H2,1-6H3. The maximum absolute atomic E-state index is 13.2. The van der Waals surface area contributed by atoms with E-state index in [1.54, 1.807) is 13.8 Å². The third kappa shape index (κ3) is 2.44. The van der Waals surface area contributed by atoms with Crippen LogP contribution in [0.5, 0.6) is 0 Å². The Morgan fingerprint density at radius 2 is 1.57 bits per heavy atom. The van der Waals surface area contributed by atoms with Gasteiger partial charge in [-0.05, 0) is 39.6 Å². The van der Waals surface area contributed by atoms with Crippen LogP contribution in [-0.4, -0.2) is 30.2 Å². The normalized spacial score (nSPS) is 31.4. The molecule has 2 heterocycles. The van der Waals surface area contributed by atoms with Crippen molar-refractivity contribution >= 4 is 12.8 Å². The van der Waals surface area contributed by atoms with E-state index in [4.69, 9.17) is 9.31 Å². The van der Waals surface area contributed by atoms with E-state index in [9.17, 15) is 13.2 Å². The Kier molecular flexibility index (Phi) is 3.62. The van der Waals surface area contributed by atoms with E-state index >= 15 is 0 Å². The van der Waals surface area contributed by atoms with Crippen molar-refractivity contribution in [3.63, 3.8) is 0 Å². The Hall–Kier alpha value is -0.815. The number of hydrogen-bond acceptors (Lipinski definition) is 3. The lowest BCUT2D eigenvalue weighted by Crippen LogP contribution is -2.42. The van der Waals surface area contributed by atoms with E-state index in [-0.39, 0.29) is 6.42 Å². The van der Waals surface area contributed by atoms with Crippen LogP contribution in [0.2, 0.25) is 0 Å². The SMILES string of the molecule is CCC1(C)C(B2OC(C)(C)C(C)(C)O2)=CN=C1C(F)(F)F. The molecule has 0 saturated carbocycles. The van der Waals surface area contributed by atoms with Crippen LogP contribution in [0.15, 0.2) is 16.7 Å². The highest BCUT2D eigenvalue weighted by atomic mass is 19.4. The molecule has 0 aliphatic carbocycles. The lowest BCUT2D eigenvalue weighted by atomic mass is 9.61. The molecule has 1 unspecified atom stereocenters. The monoisotopic (exact) mass is 303 g/mol. The number of hydrogen-bond donors (Lipinski definition) is 0. The minimum atomic E-state index is -4.45. The summed E-state index contributed by atoms with van der Waals surface area (Å²) in [6.45, 7) is 10.7. The van der Waals surface area contributed by atoms with Crippen molar-refractivity contribution in [2.24, 2.45) is 10.4 Å². The summed E-state index contributed by atoms with van der Waals surface area (Å²) in [6.07, 6.45) is -2.91. The predicted molar refractivity (Wildman–Crippen MR) is 76.1 cm³/mol. The van der Waals surface area contributed by atoms with Gasteiger partial charge < -0.3 is 9.31 Å². The Labute approximate surface area is 123 Å². The molecular weight excluding hydrogens is 282 g/mol. The van der Waals surface area contributed by atoms with E-state index in [2.05, 4.69) is 4.99 Å². The fraction of sp³-hybridized carbons (Fsp3) is 0.786. The van der Waals surface area contributed by atoms with Gasteiger partial charge in [0.1, 0.15) is 5.71 Å². The summed E-state index contributed by atoms with van der Waals surface area (Å²) in [6, 6.07) is 0. The van der Waals surface area contributed by atoms with Crippen molar-refractivity contribution in [1.82, 2.24) is 0 Å². The predicted octanol–water partition coefficient (Wildman–Crippen LogP) is 3.93. The van der Waals surface area contributed by atoms with E-state index in [1.807, 2.05) is 27.7 Å². The maximum Gasteiger partial charge on any atom is 0.493 e. The molecule has 7 heteroatoms. The first-order valence-corrected chi connectivity index (χ1v) is 7.07. The molecule has 2 rings (SSSR count). The van der Waals surface area contributed by atoms with Gasteiger partial charge in [0.15, 0.2) is 0 Å². The van der Waals surface area contributed by atoms with Gasteiger partial charge >= 0.3 is 13.3 Å². The molecule has 0 aromatic carbocycles. The summed E-state index contributed by atoms with van der Waals surface area (Å²) in [4.78, 5) is 3.62. The quantitative estimate of drug-likeness (QED) is 0.724. The molecule has 118 valence electrons. The number of nitrogens with zero attached hydrogens (tertiary/aromatic N) is 1. The summed E-state index contributed by atoms with van der Waals surface area (Å²) < 4.78 is 51.2. The Morgan fingerprint density at radius 1 is 1.10 bits per heavy atom. The lowest BCUT2D eigenvalue weighted by Gasteiger charge is -2.32. The molecule has 0 spiro atoms. The van der Waals surface area contributed by atoms with Crippen LogP contribution in [0.25, 0.3) is 0 Å². The number of aliphatic imine (C=N–C) groups is 1. The molecule has 0 aromatic heterocycles. The molecular formula is C14H21BF3NO2. The van der Waals surface area contributed by atoms with Crippen molar-refractivity contribution in [3.8, 4) is 0 Å². The van der Waals surface area contributed by atoms with Crippen molar-refractivity contribution in [2.45, 2.75) is 65.3 Å². The highest BCUT2D eigenvalue weighted by Gasteiger charge is 2.59. The largest absolute Gasteiger partial charge is 0.493 e. The fourth-order valence-corrected chi connectivity index (χ4v) is 2.60. The van der Waals surface area contributed by atoms with E-state index in [0.29, 0.717) is 5.47 Å². The molecule has 1 saturated heterocycles. The molecule has 0 amide bonds. The first-order valence-electron chi connectivity index (χ1n) is 7.07. The number of halogens is 3. The van der Waals surface area contributed by atoms with Gasteiger partial charge in [0, 0.05) is 11.6 Å². The van der Waals surface area contributed by atoms with Gasteiger partial charge in [0.25, 0.3) is 0 Å². The van der Waals surface area contributed by atoms with Crippen molar-refractivity contribution in [2.75, 3.05) is 0 Å². The molecule has 1 fully saturated rings. The van der Waals surface area contributed by atoms with Gasteiger partial charge in [-0.25, -0.2) is 0 Å². The van der Waals surface area contributed by atoms with Crippen LogP contribution in [0.4, 0.5) is 13.2 Å². The summed E-state index contributed by atoms with van der Waals surface area (Å²) in [5, 5.41) is 0. The first-order chi connectivity index (χ1) is 9.35. The minimum absolute atomic E-state index is 0.279. The van der Waals surface area contributed by atoms with Gasteiger partial charge in [-0.15, -0.1) is 0 Å². The highest BCUT2D eigenvalue weighted by molar-refractivity contribution is 6.56. The van der Waals surface area contributed by atoms with Crippen LogP contribution in [0, 0.1) is 5.41 Å². The Bertz CT molecular complexity index is 495. The molecule has 0 radical (unpaired) electrons. The van der Waals surface area contributed by atoms with E-state index < -0.39 is 35.6 Å². The summed E-state index contributed by atoms with van der Waals surface area (Å²) in [5.74, 6) is 0. The second kappa shape index (κ2) is 4.59.